The summed E-state index contributed by atoms with van der Waals surface area (Å²) in [7, 11) is 0. The Balaban J connectivity index is 1.95. The average Bonchev–Trinajstić information content (AvgIpc) is 2.48. The van der Waals surface area contributed by atoms with E-state index in [1.54, 1.807) is 18.2 Å². The van der Waals surface area contributed by atoms with Gasteiger partial charge in [-0.25, -0.2) is 14.8 Å². The van der Waals surface area contributed by atoms with Crippen molar-refractivity contribution in [3.63, 3.8) is 0 Å². The third kappa shape index (κ3) is 4.17. The summed E-state index contributed by atoms with van der Waals surface area (Å²) in [6, 6.07) is 8.69. The number of carboxylic acids is 1. The van der Waals surface area contributed by atoms with Crippen molar-refractivity contribution in [2.45, 2.75) is 13.3 Å². The molecule has 0 aliphatic carbocycles. The number of ether oxygens (including phenoxy) is 1. The van der Waals surface area contributed by atoms with Crippen LogP contribution >= 0.6 is 0 Å². The van der Waals surface area contributed by atoms with Gasteiger partial charge in [-0.1, -0.05) is 18.2 Å². The van der Waals surface area contributed by atoms with E-state index in [9.17, 15) is 4.79 Å². The Kier molecular flexibility index (Phi) is 5.09. The fourth-order valence-electron chi connectivity index (χ4n) is 1.94. The van der Waals surface area contributed by atoms with E-state index >= 15 is 0 Å². The molecule has 2 rings (SSSR count). The molecule has 0 radical (unpaired) electrons. The Labute approximate surface area is 122 Å². The van der Waals surface area contributed by atoms with Gasteiger partial charge in [0.05, 0.1) is 12.2 Å². The fraction of sp³-hybridized carbons (Fsp3) is 0.267. The lowest BCUT2D eigenvalue weighted by molar-refractivity contribution is 0.0695. The zero-order valence-electron chi connectivity index (χ0n) is 11.7. The number of aromatic carboxylic acids is 1. The van der Waals surface area contributed by atoms with Gasteiger partial charge in [-0.2, -0.15) is 0 Å². The van der Waals surface area contributed by atoms with Crippen LogP contribution in [0.25, 0.3) is 0 Å². The van der Waals surface area contributed by atoms with Crippen LogP contribution in [0.4, 0.5) is 5.82 Å². The van der Waals surface area contributed by atoms with Gasteiger partial charge in [0.2, 0.25) is 5.88 Å². The molecule has 0 saturated heterocycles. The van der Waals surface area contributed by atoms with Crippen molar-refractivity contribution in [2.75, 3.05) is 18.5 Å². The second kappa shape index (κ2) is 7.23. The van der Waals surface area contributed by atoms with E-state index in [2.05, 4.69) is 15.3 Å². The topological polar surface area (TPSA) is 84.3 Å². The lowest BCUT2D eigenvalue weighted by Crippen LogP contribution is -2.10. The van der Waals surface area contributed by atoms with E-state index < -0.39 is 5.97 Å². The van der Waals surface area contributed by atoms with Crippen molar-refractivity contribution >= 4 is 11.8 Å². The molecule has 1 aromatic heterocycles. The minimum Gasteiger partial charge on any atom is -0.478 e. The van der Waals surface area contributed by atoms with Gasteiger partial charge in [0.15, 0.2) is 0 Å². The molecule has 6 nitrogen and oxygen atoms in total. The molecule has 0 spiro atoms. The van der Waals surface area contributed by atoms with Crippen molar-refractivity contribution in [2.24, 2.45) is 0 Å². The molecule has 0 saturated carbocycles. The van der Waals surface area contributed by atoms with Crippen molar-refractivity contribution in [1.29, 1.82) is 0 Å². The predicted octanol–water partition coefficient (Wildman–Crippen LogP) is 2.23. The van der Waals surface area contributed by atoms with Crippen LogP contribution in [0, 0.1) is 0 Å². The average molecular weight is 287 g/mol. The van der Waals surface area contributed by atoms with Crippen LogP contribution in [0.3, 0.4) is 0 Å². The number of hydrogen-bond donors (Lipinski definition) is 2. The van der Waals surface area contributed by atoms with E-state index in [0.717, 1.165) is 5.56 Å². The summed E-state index contributed by atoms with van der Waals surface area (Å²) >= 11 is 0. The Hall–Kier alpha value is -2.63. The fourth-order valence-corrected chi connectivity index (χ4v) is 1.94. The largest absolute Gasteiger partial charge is 0.478 e. The van der Waals surface area contributed by atoms with Crippen LogP contribution in [-0.4, -0.2) is 34.2 Å². The number of rotatable bonds is 7. The third-order valence-corrected chi connectivity index (χ3v) is 2.88. The molecule has 0 aliphatic heterocycles. The summed E-state index contributed by atoms with van der Waals surface area (Å²) in [6.07, 6.45) is 2.02. The number of nitrogens with one attached hydrogen (secondary N) is 1. The van der Waals surface area contributed by atoms with Gasteiger partial charge >= 0.3 is 5.97 Å². The zero-order valence-corrected chi connectivity index (χ0v) is 11.7. The number of anilines is 1. The maximum atomic E-state index is 11.1. The van der Waals surface area contributed by atoms with Gasteiger partial charge in [0.1, 0.15) is 12.1 Å². The molecule has 1 aromatic carbocycles. The number of hydrogen-bond acceptors (Lipinski definition) is 5. The molecule has 2 N–H and O–H groups in total. The normalized spacial score (nSPS) is 10.1. The second-order valence-corrected chi connectivity index (χ2v) is 4.31. The van der Waals surface area contributed by atoms with Gasteiger partial charge in [0.25, 0.3) is 0 Å². The quantitative estimate of drug-likeness (QED) is 0.812. The lowest BCUT2D eigenvalue weighted by Gasteiger charge is -2.08. The van der Waals surface area contributed by atoms with E-state index in [4.69, 9.17) is 9.84 Å². The highest BCUT2D eigenvalue weighted by Crippen LogP contribution is 2.12. The van der Waals surface area contributed by atoms with Gasteiger partial charge in [-0.05, 0) is 25.0 Å². The number of nitrogens with zero attached hydrogens (tertiary/aromatic N) is 2. The molecule has 0 bridgehead atoms. The summed E-state index contributed by atoms with van der Waals surface area (Å²) in [5.74, 6) is 0.258. The molecular weight excluding hydrogens is 270 g/mol. The van der Waals surface area contributed by atoms with Crippen LogP contribution in [0.5, 0.6) is 5.88 Å². The summed E-state index contributed by atoms with van der Waals surface area (Å²) in [5.41, 5.74) is 1.12. The van der Waals surface area contributed by atoms with Crippen LogP contribution < -0.4 is 10.1 Å². The molecule has 0 atom stereocenters. The summed E-state index contributed by atoms with van der Waals surface area (Å²) in [4.78, 5) is 19.2. The monoisotopic (exact) mass is 287 g/mol. The highest BCUT2D eigenvalue weighted by Gasteiger charge is 2.08. The number of benzene rings is 1. The van der Waals surface area contributed by atoms with Gasteiger partial charge in [-0.3, -0.25) is 0 Å². The predicted molar refractivity (Wildman–Crippen MR) is 78.8 cm³/mol. The number of carbonyl (C=O) groups is 1. The summed E-state index contributed by atoms with van der Waals surface area (Å²) in [5, 5.41) is 12.3. The van der Waals surface area contributed by atoms with Gasteiger partial charge in [0, 0.05) is 12.6 Å². The Morgan fingerprint density at radius 3 is 2.90 bits per heavy atom. The first kappa shape index (κ1) is 14.8. The Bertz CT molecular complexity index is 617. The lowest BCUT2D eigenvalue weighted by atomic mass is 10.0. The SMILES string of the molecule is CCOc1cc(NCCc2ccccc2C(=O)O)ncn1. The molecule has 6 heteroatoms. The van der Waals surface area contributed by atoms with E-state index in [-0.39, 0.29) is 0 Å². The minimum atomic E-state index is -0.911. The molecule has 110 valence electrons. The highest BCUT2D eigenvalue weighted by molar-refractivity contribution is 5.89. The summed E-state index contributed by atoms with van der Waals surface area (Å²) in [6.45, 7) is 3.01. The third-order valence-electron chi connectivity index (χ3n) is 2.88. The Morgan fingerprint density at radius 1 is 1.33 bits per heavy atom. The summed E-state index contributed by atoms with van der Waals surface area (Å²) < 4.78 is 5.29. The van der Waals surface area contributed by atoms with Crippen LogP contribution in [0.2, 0.25) is 0 Å². The molecule has 0 fully saturated rings. The first-order chi connectivity index (χ1) is 10.2. The first-order valence-corrected chi connectivity index (χ1v) is 6.70. The maximum Gasteiger partial charge on any atom is 0.335 e. The smallest absolute Gasteiger partial charge is 0.335 e. The van der Waals surface area contributed by atoms with Crippen molar-refractivity contribution < 1.29 is 14.6 Å². The minimum absolute atomic E-state index is 0.331. The van der Waals surface area contributed by atoms with E-state index in [0.29, 0.717) is 36.8 Å². The van der Waals surface area contributed by atoms with Crippen molar-refractivity contribution in [1.82, 2.24) is 9.97 Å². The first-order valence-electron chi connectivity index (χ1n) is 6.70. The van der Waals surface area contributed by atoms with Crippen molar-refractivity contribution in [3.05, 3.63) is 47.8 Å². The Morgan fingerprint density at radius 2 is 2.14 bits per heavy atom. The second-order valence-electron chi connectivity index (χ2n) is 4.31. The molecule has 0 amide bonds. The number of carboxylic acid groups (broad SMARTS) is 1. The van der Waals surface area contributed by atoms with Crippen molar-refractivity contribution in [3.8, 4) is 5.88 Å². The van der Waals surface area contributed by atoms with E-state index in [1.165, 1.54) is 6.33 Å². The van der Waals surface area contributed by atoms with Crippen LogP contribution in [0.1, 0.15) is 22.8 Å². The zero-order chi connectivity index (χ0) is 15.1. The number of aromatic nitrogens is 2. The highest BCUT2D eigenvalue weighted by atomic mass is 16.5. The molecule has 2 aromatic rings. The standard InChI is InChI=1S/C15H17N3O3/c1-2-21-14-9-13(17-10-18-14)16-8-7-11-5-3-4-6-12(11)15(19)20/h3-6,9-10H,2,7-8H2,1H3,(H,19,20)(H,16,17,18). The van der Waals surface area contributed by atoms with Crippen LogP contribution in [-0.2, 0) is 6.42 Å². The van der Waals surface area contributed by atoms with Gasteiger partial charge < -0.3 is 15.2 Å². The molecule has 21 heavy (non-hydrogen) atoms. The molecule has 1 heterocycles. The van der Waals surface area contributed by atoms with E-state index in [1.807, 2.05) is 19.1 Å². The maximum absolute atomic E-state index is 11.1. The van der Waals surface area contributed by atoms with Crippen LogP contribution in [0.15, 0.2) is 36.7 Å². The van der Waals surface area contributed by atoms with Gasteiger partial charge in [-0.15, -0.1) is 0 Å². The molecule has 0 unspecified atom stereocenters. The molecule has 0 aliphatic rings. The molecular formula is C15H17N3O3.